The highest BCUT2D eigenvalue weighted by atomic mass is 32.1. The van der Waals surface area contributed by atoms with Gasteiger partial charge in [-0.3, -0.25) is 0 Å². The van der Waals surface area contributed by atoms with Crippen LogP contribution in [-0.2, 0) is 0 Å². The van der Waals surface area contributed by atoms with E-state index in [1.54, 1.807) is 6.33 Å². The standard InChI is InChI=1S/C8H5N5S2/c14-7-3-1-4-6(10-2-9-4)11-5(3)12-8(15)13-7/h1-2H,(H3,9,10,11,12,13,14,15). The van der Waals surface area contributed by atoms with Crippen LogP contribution < -0.4 is 0 Å². The lowest BCUT2D eigenvalue weighted by Gasteiger charge is -1.97. The molecule has 0 fully saturated rings. The van der Waals surface area contributed by atoms with Crippen LogP contribution in [0.5, 0.6) is 0 Å². The van der Waals surface area contributed by atoms with Crippen LogP contribution in [0.4, 0.5) is 0 Å². The summed E-state index contributed by atoms with van der Waals surface area (Å²) in [6.45, 7) is 0. The smallest absolute Gasteiger partial charge is 0.179 e. The van der Waals surface area contributed by atoms with Gasteiger partial charge in [0.1, 0.15) is 10.3 Å². The number of rotatable bonds is 0. The summed E-state index contributed by atoms with van der Waals surface area (Å²) in [7, 11) is 0. The van der Waals surface area contributed by atoms with Crippen LogP contribution in [0.3, 0.4) is 0 Å². The van der Waals surface area contributed by atoms with E-state index in [4.69, 9.17) is 24.4 Å². The van der Waals surface area contributed by atoms with Crippen LogP contribution in [-0.4, -0.2) is 24.9 Å². The molecule has 3 aromatic heterocycles. The molecule has 7 heteroatoms. The maximum Gasteiger partial charge on any atom is 0.179 e. The summed E-state index contributed by atoms with van der Waals surface area (Å²) >= 11 is 10.1. The molecule has 0 radical (unpaired) electrons. The molecule has 0 bridgehead atoms. The summed E-state index contributed by atoms with van der Waals surface area (Å²) in [6.07, 6.45) is 1.60. The van der Waals surface area contributed by atoms with Crippen molar-refractivity contribution in [2.45, 2.75) is 0 Å². The molecule has 0 aliphatic heterocycles. The van der Waals surface area contributed by atoms with Crippen LogP contribution in [0, 0.1) is 9.41 Å². The molecule has 0 unspecified atom stereocenters. The van der Waals surface area contributed by atoms with Gasteiger partial charge >= 0.3 is 0 Å². The van der Waals surface area contributed by atoms with Crippen molar-refractivity contribution in [3.8, 4) is 0 Å². The van der Waals surface area contributed by atoms with E-state index in [2.05, 4.69) is 24.9 Å². The molecular weight excluding hydrogens is 230 g/mol. The van der Waals surface area contributed by atoms with E-state index in [9.17, 15) is 0 Å². The highest BCUT2D eigenvalue weighted by molar-refractivity contribution is 7.72. The number of nitrogens with one attached hydrogen (secondary N) is 3. The molecule has 0 saturated carbocycles. The van der Waals surface area contributed by atoms with Gasteiger partial charge in [0.2, 0.25) is 0 Å². The predicted octanol–water partition coefficient (Wildman–Crippen LogP) is 2.23. The molecular formula is C8H5N5S2. The quantitative estimate of drug-likeness (QED) is 0.522. The number of aromatic nitrogens is 5. The maximum atomic E-state index is 5.16. The topological polar surface area (TPSA) is 73.2 Å². The van der Waals surface area contributed by atoms with Gasteiger partial charge in [0.05, 0.1) is 17.2 Å². The van der Waals surface area contributed by atoms with Gasteiger partial charge in [0.25, 0.3) is 0 Å². The number of pyridine rings is 1. The Balaban J connectivity index is 2.65. The van der Waals surface area contributed by atoms with Gasteiger partial charge < -0.3 is 15.0 Å². The molecule has 3 heterocycles. The lowest BCUT2D eigenvalue weighted by Crippen LogP contribution is -1.89. The van der Waals surface area contributed by atoms with Gasteiger partial charge in [-0.2, -0.15) is 0 Å². The summed E-state index contributed by atoms with van der Waals surface area (Å²) in [6, 6.07) is 1.90. The van der Waals surface area contributed by atoms with Crippen LogP contribution in [0.2, 0.25) is 0 Å². The Labute approximate surface area is 93.6 Å². The Morgan fingerprint density at radius 1 is 1.20 bits per heavy atom. The first-order valence-corrected chi connectivity index (χ1v) is 5.02. The molecule has 5 nitrogen and oxygen atoms in total. The zero-order valence-electron chi connectivity index (χ0n) is 7.37. The third-order valence-electron chi connectivity index (χ3n) is 2.11. The van der Waals surface area contributed by atoms with E-state index < -0.39 is 0 Å². The van der Waals surface area contributed by atoms with Crippen LogP contribution in [0.15, 0.2) is 12.4 Å². The summed E-state index contributed by atoms with van der Waals surface area (Å²) in [5.74, 6) is 0. The first kappa shape index (κ1) is 8.69. The molecule has 74 valence electrons. The molecule has 3 N–H and O–H groups in total. The molecule has 15 heavy (non-hydrogen) atoms. The number of H-pyrrole nitrogens is 3. The fraction of sp³-hybridized carbons (Fsp3) is 0. The molecule has 3 rings (SSSR count). The average Bonchev–Trinajstić information content (AvgIpc) is 2.61. The Morgan fingerprint density at radius 3 is 2.93 bits per heavy atom. The number of fused-ring (bicyclic) bond motifs is 2. The van der Waals surface area contributed by atoms with E-state index in [0.717, 1.165) is 10.9 Å². The van der Waals surface area contributed by atoms with Gasteiger partial charge in [-0.25, -0.2) is 9.97 Å². The fourth-order valence-electron chi connectivity index (χ4n) is 1.45. The van der Waals surface area contributed by atoms with Crippen LogP contribution in [0.25, 0.3) is 22.2 Å². The molecule has 0 atom stereocenters. The number of hydrogen-bond acceptors (Lipinski definition) is 4. The third kappa shape index (κ3) is 1.28. The van der Waals surface area contributed by atoms with Crippen LogP contribution >= 0.6 is 24.4 Å². The number of aromatic amines is 3. The maximum absolute atomic E-state index is 5.16. The van der Waals surface area contributed by atoms with Crippen molar-refractivity contribution in [1.82, 2.24) is 24.9 Å². The highest BCUT2D eigenvalue weighted by Gasteiger charge is 2.03. The van der Waals surface area contributed by atoms with E-state index in [1.807, 2.05) is 6.07 Å². The second kappa shape index (κ2) is 2.94. The molecule has 0 amide bonds. The summed E-state index contributed by atoms with van der Waals surface area (Å²) in [4.78, 5) is 17.2. The number of imidazole rings is 1. The lowest BCUT2D eigenvalue weighted by atomic mass is 10.3. The average molecular weight is 235 g/mol. The zero-order chi connectivity index (χ0) is 10.4. The van der Waals surface area contributed by atoms with Crippen molar-refractivity contribution in [2.24, 2.45) is 0 Å². The highest BCUT2D eigenvalue weighted by Crippen LogP contribution is 2.15. The molecule has 0 saturated heterocycles. The van der Waals surface area contributed by atoms with E-state index >= 15 is 0 Å². The normalized spacial score (nSPS) is 11.2. The fourth-order valence-corrected chi connectivity index (χ4v) is 1.97. The lowest BCUT2D eigenvalue weighted by molar-refractivity contribution is 1.14. The van der Waals surface area contributed by atoms with E-state index in [-0.39, 0.29) is 0 Å². The molecule has 0 aromatic carbocycles. The van der Waals surface area contributed by atoms with Crippen molar-refractivity contribution in [3.63, 3.8) is 0 Å². The minimum absolute atomic E-state index is 0.467. The minimum Gasteiger partial charge on any atom is -0.343 e. The molecule has 3 aromatic rings. The molecule has 0 aliphatic rings. The third-order valence-corrected chi connectivity index (χ3v) is 2.64. The van der Waals surface area contributed by atoms with Gasteiger partial charge in [-0.05, 0) is 18.3 Å². The zero-order valence-corrected chi connectivity index (χ0v) is 9.00. The molecule has 0 aliphatic carbocycles. The summed E-state index contributed by atoms with van der Waals surface area (Å²) < 4.78 is 1.05. The summed E-state index contributed by atoms with van der Waals surface area (Å²) in [5.41, 5.74) is 2.16. The van der Waals surface area contributed by atoms with E-state index in [1.165, 1.54) is 0 Å². The van der Waals surface area contributed by atoms with Crippen molar-refractivity contribution in [2.75, 3.05) is 0 Å². The predicted molar refractivity (Wildman–Crippen MR) is 61.8 cm³/mol. The number of nitrogens with zero attached hydrogens (tertiary/aromatic N) is 2. The first-order chi connectivity index (χ1) is 7.24. The van der Waals surface area contributed by atoms with Crippen molar-refractivity contribution >= 4 is 46.6 Å². The minimum atomic E-state index is 0.467. The second-order valence-electron chi connectivity index (χ2n) is 3.07. The van der Waals surface area contributed by atoms with Gasteiger partial charge in [-0.1, -0.05) is 12.2 Å². The monoisotopic (exact) mass is 235 g/mol. The number of hydrogen-bond donors (Lipinski definition) is 3. The SMILES string of the molecule is S=c1[nH]c(=S)c2cc3[nH]cnc3nc2[nH]1. The first-order valence-electron chi connectivity index (χ1n) is 4.20. The van der Waals surface area contributed by atoms with Crippen molar-refractivity contribution < 1.29 is 0 Å². The Bertz CT molecular complexity index is 766. The van der Waals surface area contributed by atoms with Gasteiger partial charge in [0.15, 0.2) is 10.4 Å². The van der Waals surface area contributed by atoms with Crippen LogP contribution in [0.1, 0.15) is 0 Å². The van der Waals surface area contributed by atoms with Gasteiger partial charge in [0, 0.05) is 0 Å². The van der Waals surface area contributed by atoms with Gasteiger partial charge in [-0.15, -0.1) is 0 Å². The van der Waals surface area contributed by atoms with Crippen molar-refractivity contribution in [1.29, 1.82) is 0 Å². The Kier molecular flexibility index (Phi) is 1.70. The molecule has 0 spiro atoms. The Hall–Kier alpha value is -1.60. The van der Waals surface area contributed by atoms with Crippen molar-refractivity contribution in [3.05, 3.63) is 21.8 Å². The summed E-state index contributed by atoms with van der Waals surface area (Å²) in [5, 5.41) is 0.829. The largest absolute Gasteiger partial charge is 0.343 e. The second-order valence-corrected chi connectivity index (χ2v) is 3.88. The Morgan fingerprint density at radius 2 is 2.07 bits per heavy atom. The van der Waals surface area contributed by atoms with E-state index in [0.29, 0.717) is 20.7 Å².